The average molecular weight is 754 g/mol. The number of hydrogen-bond acceptors (Lipinski definition) is 9. The highest BCUT2D eigenvalue weighted by Gasteiger charge is 2.26. The van der Waals surface area contributed by atoms with Gasteiger partial charge in [0.15, 0.2) is 6.10 Å². The summed E-state index contributed by atoms with van der Waals surface area (Å²) >= 11 is 0. The van der Waals surface area contributed by atoms with Crippen molar-refractivity contribution in [2.45, 2.75) is 161 Å². The lowest BCUT2D eigenvalue weighted by Crippen LogP contribution is -2.29. The molecule has 0 spiro atoms. The summed E-state index contributed by atoms with van der Waals surface area (Å²) in [5.41, 5.74) is 5.33. The van der Waals surface area contributed by atoms with Crippen molar-refractivity contribution in [1.29, 1.82) is 0 Å². The minimum Gasteiger partial charge on any atom is -0.462 e. The summed E-state index contributed by atoms with van der Waals surface area (Å²) in [4.78, 5) is 34.8. The SMILES string of the molecule is CC/C=C/CC(O)/C=C/C=C/CCCCCCCC(=O)OC[C@H](COP(=O)(O)OCCN)OC(=O)CCCCCCC/C=C\C/C=C\CCCCC. The van der Waals surface area contributed by atoms with E-state index >= 15 is 0 Å². The molecule has 10 nitrogen and oxygen atoms in total. The van der Waals surface area contributed by atoms with Crippen molar-refractivity contribution in [2.75, 3.05) is 26.4 Å². The molecule has 2 unspecified atom stereocenters. The number of phosphoric acid groups is 1. The fourth-order valence-electron chi connectivity index (χ4n) is 4.99. The highest BCUT2D eigenvalue weighted by molar-refractivity contribution is 7.47. The van der Waals surface area contributed by atoms with Gasteiger partial charge in [-0.1, -0.05) is 126 Å². The van der Waals surface area contributed by atoms with Crippen LogP contribution in [0.4, 0.5) is 0 Å². The zero-order valence-corrected chi connectivity index (χ0v) is 33.3. The van der Waals surface area contributed by atoms with Gasteiger partial charge in [-0.3, -0.25) is 18.6 Å². The van der Waals surface area contributed by atoms with Crippen LogP contribution in [0.5, 0.6) is 0 Å². The number of ether oxygens (including phenoxy) is 2. The molecule has 0 aliphatic rings. The predicted molar refractivity (Wildman–Crippen MR) is 212 cm³/mol. The normalized spacial score (nSPS) is 14.6. The van der Waals surface area contributed by atoms with Gasteiger partial charge in [-0.25, -0.2) is 4.57 Å². The van der Waals surface area contributed by atoms with Crippen LogP contribution < -0.4 is 5.73 Å². The van der Waals surface area contributed by atoms with E-state index in [1.165, 1.54) is 19.3 Å². The molecule has 0 amide bonds. The van der Waals surface area contributed by atoms with Gasteiger partial charge >= 0.3 is 19.8 Å². The van der Waals surface area contributed by atoms with Crippen LogP contribution in [0.25, 0.3) is 0 Å². The highest BCUT2D eigenvalue weighted by Crippen LogP contribution is 2.43. The number of phosphoric ester groups is 1. The van der Waals surface area contributed by atoms with E-state index in [-0.39, 0.29) is 32.6 Å². The third-order valence-corrected chi connectivity index (χ3v) is 8.95. The minimum absolute atomic E-state index is 0.0372. The van der Waals surface area contributed by atoms with Gasteiger partial charge in [0.05, 0.1) is 19.3 Å². The van der Waals surface area contributed by atoms with Gasteiger partial charge in [0.25, 0.3) is 0 Å². The maximum absolute atomic E-state index is 12.5. The summed E-state index contributed by atoms with van der Waals surface area (Å²) < 4.78 is 32.6. The van der Waals surface area contributed by atoms with E-state index in [9.17, 15) is 24.2 Å². The molecule has 0 fully saturated rings. The number of allylic oxidation sites excluding steroid dienone is 8. The third kappa shape index (κ3) is 36.0. The lowest BCUT2D eigenvalue weighted by molar-refractivity contribution is -0.161. The molecule has 0 saturated heterocycles. The van der Waals surface area contributed by atoms with Crippen LogP contribution in [-0.4, -0.2) is 60.5 Å². The largest absolute Gasteiger partial charge is 0.472 e. The van der Waals surface area contributed by atoms with Crippen LogP contribution in [0.3, 0.4) is 0 Å². The van der Waals surface area contributed by atoms with Crippen molar-refractivity contribution in [2.24, 2.45) is 5.73 Å². The molecule has 0 heterocycles. The smallest absolute Gasteiger partial charge is 0.462 e. The quantitative estimate of drug-likeness (QED) is 0.0185. The Hall–Kier alpha value is -2.33. The summed E-state index contributed by atoms with van der Waals surface area (Å²) in [6, 6.07) is 0. The lowest BCUT2D eigenvalue weighted by atomic mass is 10.1. The fraction of sp³-hybridized carbons (Fsp3) is 0.707. The van der Waals surface area contributed by atoms with Gasteiger partial charge in [0.1, 0.15) is 6.61 Å². The highest BCUT2D eigenvalue weighted by atomic mass is 31.2. The first-order valence-electron chi connectivity index (χ1n) is 19.9. The molecule has 0 aromatic carbocycles. The van der Waals surface area contributed by atoms with Crippen LogP contribution in [0, 0.1) is 0 Å². The molecule has 0 aromatic heterocycles. The topological polar surface area (TPSA) is 155 Å². The minimum atomic E-state index is -4.40. The zero-order valence-electron chi connectivity index (χ0n) is 32.4. The van der Waals surface area contributed by atoms with E-state index in [1.54, 1.807) is 6.08 Å². The Bertz CT molecular complexity index is 1060. The molecule has 0 aromatic rings. The van der Waals surface area contributed by atoms with Gasteiger partial charge in [0, 0.05) is 19.4 Å². The number of hydrogen-bond donors (Lipinski definition) is 3. The van der Waals surface area contributed by atoms with Gasteiger partial charge < -0.3 is 25.2 Å². The summed E-state index contributed by atoms with van der Waals surface area (Å²) in [7, 11) is -4.40. The third-order valence-electron chi connectivity index (χ3n) is 7.97. The molecule has 52 heavy (non-hydrogen) atoms. The van der Waals surface area contributed by atoms with E-state index in [4.69, 9.17) is 24.3 Å². The number of esters is 2. The molecule has 0 aliphatic heterocycles. The standard InChI is InChI=1S/C41H72NO9P/c1-3-5-7-8-9-10-11-12-13-14-15-18-22-25-29-33-41(45)51-39(37-50-52(46,47)49-35-34-42)36-48-40(44)32-28-24-21-19-16-17-20-23-27-31-38(43)30-26-6-4-2/h6,9-10,12-13,20,23,26-27,31,38-39,43H,3-5,7-8,11,14-19,21-22,24-25,28-30,32-37,42H2,1-2H3,(H,46,47)/b10-9-,13-12-,23-20+,26-6+,31-27+/t38?,39-/m1/s1. The van der Waals surface area contributed by atoms with E-state index in [0.717, 1.165) is 83.5 Å². The molecule has 0 saturated carbocycles. The predicted octanol–water partition coefficient (Wildman–Crippen LogP) is 9.91. The Morgan fingerprint density at radius 3 is 1.92 bits per heavy atom. The second-order valence-electron chi connectivity index (χ2n) is 13.0. The molecule has 0 aliphatic carbocycles. The second kappa shape index (κ2) is 37.0. The van der Waals surface area contributed by atoms with E-state index in [2.05, 4.69) is 44.2 Å². The van der Waals surface area contributed by atoms with E-state index in [0.29, 0.717) is 19.3 Å². The average Bonchev–Trinajstić information content (AvgIpc) is 3.12. The van der Waals surface area contributed by atoms with Crippen molar-refractivity contribution in [1.82, 2.24) is 0 Å². The Morgan fingerprint density at radius 2 is 1.29 bits per heavy atom. The van der Waals surface area contributed by atoms with Gasteiger partial charge in [-0.2, -0.15) is 0 Å². The van der Waals surface area contributed by atoms with Crippen LogP contribution in [-0.2, 0) is 32.7 Å². The van der Waals surface area contributed by atoms with Crippen molar-refractivity contribution in [3.8, 4) is 0 Å². The Labute approximate surface area is 315 Å². The van der Waals surface area contributed by atoms with Crippen molar-refractivity contribution < 1.29 is 42.7 Å². The van der Waals surface area contributed by atoms with E-state index < -0.39 is 38.6 Å². The summed E-state index contributed by atoms with van der Waals surface area (Å²) in [6.07, 6.45) is 38.6. The first kappa shape index (κ1) is 49.7. The molecule has 300 valence electrons. The molecular formula is C41H72NO9P. The van der Waals surface area contributed by atoms with Crippen LogP contribution in [0.15, 0.2) is 60.8 Å². The van der Waals surface area contributed by atoms with Gasteiger partial charge in [0.2, 0.25) is 0 Å². The van der Waals surface area contributed by atoms with Crippen molar-refractivity contribution >= 4 is 19.8 Å². The number of aliphatic hydroxyl groups excluding tert-OH is 1. The Morgan fingerprint density at radius 1 is 0.692 bits per heavy atom. The summed E-state index contributed by atoms with van der Waals surface area (Å²) in [6.45, 7) is 3.41. The molecule has 0 rings (SSSR count). The van der Waals surface area contributed by atoms with Crippen LogP contribution in [0.1, 0.15) is 149 Å². The fourth-order valence-corrected chi connectivity index (χ4v) is 5.76. The summed E-state index contributed by atoms with van der Waals surface area (Å²) in [5, 5.41) is 9.85. The van der Waals surface area contributed by atoms with Gasteiger partial charge in [-0.15, -0.1) is 0 Å². The number of unbranched alkanes of at least 4 members (excludes halogenated alkanes) is 13. The first-order chi connectivity index (χ1) is 25.2. The van der Waals surface area contributed by atoms with Crippen LogP contribution in [0.2, 0.25) is 0 Å². The number of nitrogens with two attached hydrogens (primary N) is 1. The molecular weight excluding hydrogens is 681 g/mol. The summed E-state index contributed by atoms with van der Waals surface area (Å²) in [5.74, 6) is -0.905. The van der Waals surface area contributed by atoms with Crippen LogP contribution >= 0.6 is 7.82 Å². The molecule has 0 bridgehead atoms. The van der Waals surface area contributed by atoms with Crippen molar-refractivity contribution in [3.05, 3.63) is 60.8 Å². The molecule has 4 N–H and O–H groups in total. The molecule has 11 heteroatoms. The van der Waals surface area contributed by atoms with Crippen molar-refractivity contribution in [3.63, 3.8) is 0 Å². The Balaban J connectivity index is 4.31. The zero-order chi connectivity index (χ0) is 38.4. The number of rotatable bonds is 36. The molecule has 3 atom stereocenters. The molecule has 0 radical (unpaired) electrons. The van der Waals surface area contributed by atoms with Gasteiger partial charge in [-0.05, 0) is 70.6 Å². The van der Waals surface area contributed by atoms with E-state index in [1.807, 2.05) is 24.3 Å². The number of aliphatic hydroxyl groups is 1. The maximum atomic E-state index is 12.5. The number of carbonyl (C=O) groups excluding carboxylic acids is 2. The first-order valence-corrected chi connectivity index (χ1v) is 21.4. The maximum Gasteiger partial charge on any atom is 0.472 e. The monoisotopic (exact) mass is 753 g/mol. The number of carbonyl (C=O) groups is 2. The lowest BCUT2D eigenvalue weighted by Gasteiger charge is -2.19. The second-order valence-corrected chi connectivity index (χ2v) is 14.4. The Kier molecular flexibility index (Phi) is 35.3.